The van der Waals surface area contributed by atoms with Crippen molar-refractivity contribution in [3.05, 3.63) is 35.9 Å². The van der Waals surface area contributed by atoms with Crippen molar-refractivity contribution in [1.29, 1.82) is 0 Å². The summed E-state index contributed by atoms with van der Waals surface area (Å²) >= 11 is 3.93. The van der Waals surface area contributed by atoms with Crippen molar-refractivity contribution >= 4 is 24.4 Å². The molecule has 3 N–H and O–H groups in total. The molecule has 0 spiro atoms. The molecule has 0 saturated heterocycles. The molecule has 0 heterocycles. The highest BCUT2D eigenvalue weighted by Gasteiger charge is 2.16. The molecule has 0 aromatic heterocycles. The first-order chi connectivity index (χ1) is 7.15. The minimum absolute atomic E-state index is 0.188. The fraction of sp³-hybridized carbons (Fsp3) is 0.200. The van der Waals surface area contributed by atoms with Crippen LogP contribution in [0.25, 0.3) is 0 Å². The highest BCUT2D eigenvalue weighted by Crippen LogP contribution is 1.99. The first-order valence-corrected chi connectivity index (χ1v) is 5.04. The van der Waals surface area contributed by atoms with E-state index in [0.29, 0.717) is 5.56 Å². The van der Waals surface area contributed by atoms with Gasteiger partial charge in [-0.15, -0.1) is 0 Å². The van der Waals surface area contributed by atoms with Gasteiger partial charge in [-0.05, 0) is 12.1 Å². The molecule has 0 bridgehead atoms. The number of carbonyl (C=O) groups is 2. The Labute approximate surface area is 93.3 Å². The summed E-state index contributed by atoms with van der Waals surface area (Å²) < 4.78 is 0. The Kier molecular flexibility index (Phi) is 4.17. The maximum Gasteiger partial charge on any atom is 0.251 e. The first kappa shape index (κ1) is 11.6. The summed E-state index contributed by atoms with van der Waals surface area (Å²) in [5.74, 6) is -0.726. The van der Waals surface area contributed by atoms with Gasteiger partial charge in [-0.2, -0.15) is 12.6 Å². The lowest BCUT2D eigenvalue weighted by Crippen LogP contribution is -2.45. The third-order valence-electron chi connectivity index (χ3n) is 1.87. The van der Waals surface area contributed by atoms with Crippen molar-refractivity contribution in [3.8, 4) is 0 Å². The van der Waals surface area contributed by atoms with Crippen molar-refractivity contribution in [1.82, 2.24) is 5.32 Å². The van der Waals surface area contributed by atoms with Crippen molar-refractivity contribution in [2.75, 3.05) is 5.75 Å². The maximum atomic E-state index is 11.6. The predicted octanol–water partition coefficient (Wildman–Crippen LogP) is 0.200. The molecule has 0 radical (unpaired) electrons. The molecule has 5 heteroatoms. The van der Waals surface area contributed by atoms with Crippen molar-refractivity contribution in [2.45, 2.75) is 6.04 Å². The summed E-state index contributed by atoms with van der Waals surface area (Å²) in [5.41, 5.74) is 5.56. The molecular formula is C10H12N2O2S. The van der Waals surface area contributed by atoms with Crippen molar-refractivity contribution < 1.29 is 9.59 Å². The Bertz CT molecular complexity index is 354. The minimum atomic E-state index is -0.735. The van der Waals surface area contributed by atoms with Gasteiger partial charge in [0.25, 0.3) is 5.91 Å². The fourth-order valence-corrected chi connectivity index (χ4v) is 1.31. The van der Waals surface area contributed by atoms with Gasteiger partial charge in [-0.1, -0.05) is 18.2 Å². The van der Waals surface area contributed by atoms with E-state index >= 15 is 0 Å². The monoisotopic (exact) mass is 224 g/mol. The van der Waals surface area contributed by atoms with Crippen LogP contribution >= 0.6 is 12.6 Å². The number of benzene rings is 1. The number of nitrogens with two attached hydrogens (primary N) is 1. The lowest BCUT2D eigenvalue weighted by atomic mass is 10.2. The van der Waals surface area contributed by atoms with Gasteiger partial charge in [-0.25, -0.2) is 0 Å². The third kappa shape index (κ3) is 3.28. The summed E-state index contributed by atoms with van der Waals surface area (Å²) in [6, 6.07) is 7.88. The van der Waals surface area contributed by atoms with Crippen LogP contribution in [0, 0.1) is 0 Å². The Morgan fingerprint density at radius 2 is 1.93 bits per heavy atom. The summed E-state index contributed by atoms with van der Waals surface area (Å²) in [5, 5.41) is 2.49. The van der Waals surface area contributed by atoms with Gasteiger partial charge in [0.15, 0.2) is 0 Å². The van der Waals surface area contributed by atoms with Crippen LogP contribution in [-0.4, -0.2) is 23.6 Å². The molecule has 0 saturated carbocycles. The van der Waals surface area contributed by atoms with E-state index < -0.39 is 11.9 Å². The molecule has 0 aliphatic carbocycles. The van der Waals surface area contributed by atoms with Gasteiger partial charge in [0.1, 0.15) is 6.04 Å². The molecule has 1 atom stereocenters. The van der Waals surface area contributed by atoms with Gasteiger partial charge in [-0.3, -0.25) is 9.59 Å². The Hall–Kier alpha value is -1.49. The summed E-state index contributed by atoms with van der Waals surface area (Å²) in [6.07, 6.45) is 0. The van der Waals surface area contributed by atoms with Crippen LogP contribution in [0.15, 0.2) is 30.3 Å². The van der Waals surface area contributed by atoms with Gasteiger partial charge in [0, 0.05) is 11.3 Å². The van der Waals surface area contributed by atoms with E-state index in [2.05, 4.69) is 17.9 Å². The maximum absolute atomic E-state index is 11.6. The highest BCUT2D eigenvalue weighted by molar-refractivity contribution is 7.80. The molecule has 2 amide bonds. The number of nitrogens with one attached hydrogen (secondary N) is 1. The first-order valence-electron chi connectivity index (χ1n) is 4.41. The van der Waals surface area contributed by atoms with Gasteiger partial charge in [0.2, 0.25) is 5.91 Å². The minimum Gasteiger partial charge on any atom is -0.368 e. The molecule has 0 aliphatic rings. The molecule has 1 aromatic carbocycles. The number of thiol groups is 1. The van der Waals surface area contributed by atoms with Crippen LogP contribution in [0.4, 0.5) is 0 Å². The normalized spacial score (nSPS) is 11.8. The molecule has 80 valence electrons. The molecule has 4 nitrogen and oxygen atoms in total. The molecule has 0 fully saturated rings. The average molecular weight is 224 g/mol. The molecule has 15 heavy (non-hydrogen) atoms. The predicted molar refractivity (Wildman–Crippen MR) is 60.7 cm³/mol. The largest absolute Gasteiger partial charge is 0.368 e. The van der Waals surface area contributed by atoms with Crippen LogP contribution < -0.4 is 11.1 Å². The number of hydrogen-bond acceptors (Lipinski definition) is 3. The molecular weight excluding hydrogens is 212 g/mol. The molecule has 0 unspecified atom stereocenters. The van der Waals surface area contributed by atoms with E-state index in [9.17, 15) is 9.59 Å². The lowest BCUT2D eigenvalue weighted by molar-refractivity contribution is -0.119. The quantitative estimate of drug-likeness (QED) is 0.639. The van der Waals surface area contributed by atoms with Crippen molar-refractivity contribution in [2.24, 2.45) is 5.73 Å². The van der Waals surface area contributed by atoms with E-state index in [1.54, 1.807) is 30.3 Å². The Balaban J connectivity index is 2.67. The zero-order valence-electron chi connectivity index (χ0n) is 8.01. The summed E-state index contributed by atoms with van der Waals surface area (Å²) in [6.45, 7) is 0. The van der Waals surface area contributed by atoms with Gasteiger partial charge >= 0.3 is 0 Å². The SMILES string of the molecule is NC(=O)[C@H](CS)NC(=O)c1ccccc1. The zero-order valence-corrected chi connectivity index (χ0v) is 8.91. The number of hydrogen-bond donors (Lipinski definition) is 3. The second kappa shape index (κ2) is 5.41. The van der Waals surface area contributed by atoms with Crippen LogP contribution in [0.2, 0.25) is 0 Å². The van der Waals surface area contributed by atoms with Crippen LogP contribution in [0.5, 0.6) is 0 Å². The Morgan fingerprint density at radius 3 is 2.40 bits per heavy atom. The number of rotatable bonds is 4. The van der Waals surface area contributed by atoms with Gasteiger partial charge in [0.05, 0.1) is 0 Å². The van der Waals surface area contributed by atoms with E-state index in [4.69, 9.17) is 5.73 Å². The lowest BCUT2D eigenvalue weighted by Gasteiger charge is -2.12. The second-order valence-electron chi connectivity index (χ2n) is 2.98. The van der Waals surface area contributed by atoms with E-state index in [0.717, 1.165) is 0 Å². The number of carbonyl (C=O) groups excluding carboxylic acids is 2. The third-order valence-corrected chi connectivity index (χ3v) is 2.23. The summed E-state index contributed by atoms with van der Waals surface area (Å²) in [4.78, 5) is 22.4. The standard InChI is InChI=1S/C10H12N2O2S/c11-9(13)8(6-15)12-10(14)7-4-2-1-3-5-7/h1-5,8,15H,6H2,(H2,11,13)(H,12,14)/t8-/m0/s1. The van der Waals surface area contributed by atoms with Crippen LogP contribution in [0.1, 0.15) is 10.4 Å². The summed E-state index contributed by atoms with van der Waals surface area (Å²) in [7, 11) is 0. The topological polar surface area (TPSA) is 72.2 Å². The number of primary amides is 1. The zero-order chi connectivity index (χ0) is 11.3. The van der Waals surface area contributed by atoms with E-state index in [1.165, 1.54) is 0 Å². The molecule has 0 aliphatic heterocycles. The van der Waals surface area contributed by atoms with Crippen molar-refractivity contribution in [3.63, 3.8) is 0 Å². The Morgan fingerprint density at radius 1 is 1.33 bits per heavy atom. The molecule has 1 aromatic rings. The second-order valence-corrected chi connectivity index (χ2v) is 3.34. The fourth-order valence-electron chi connectivity index (χ4n) is 1.04. The van der Waals surface area contributed by atoms with E-state index in [1.807, 2.05) is 0 Å². The number of amides is 2. The molecule has 1 rings (SSSR count). The van der Waals surface area contributed by atoms with Gasteiger partial charge < -0.3 is 11.1 Å². The average Bonchev–Trinajstić information content (AvgIpc) is 2.26. The van der Waals surface area contributed by atoms with Crippen LogP contribution in [-0.2, 0) is 4.79 Å². The highest BCUT2D eigenvalue weighted by atomic mass is 32.1. The van der Waals surface area contributed by atoms with E-state index in [-0.39, 0.29) is 11.7 Å². The smallest absolute Gasteiger partial charge is 0.251 e. The van der Waals surface area contributed by atoms with Crippen LogP contribution in [0.3, 0.4) is 0 Å².